The van der Waals surface area contributed by atoms with Crippen molar-refractivity contribution in [1.82, 2.24) is 9.97 Å². The van der Waals surface area contributed by atoms with E-state index in [9.17, 15) is 10.1 Å². The van der Waals surface area contributed by atoms with Crippen molar-refractivity contribution in [2.75, 3.05) is 55.9 Å². The summed E-state index contributed by atoms with van der Waals surface area (Å²) in [6, 6.07) is 10.3. The maximum Gasteiger partial charge on any atom is 0.292 e. The number of rotatable bonds is 5. The van der Waals surface area contributed by atoms with E-state index in [4.69, 9.17) is 15.2 Å². The molecule has 2 N–H and O–H groups in total. The van der Waals surface area contributed by atoms with Crippen molar-refractivity contribution in [3.63, 3.8) is 0 Å². The third kappa shape index (κ3) is 3.47. The summed E-state index contributed by atoms with van der Waals surface area (Å²) in [6.07, 6.45) is 0. The van der Waals surface area contributed by atoms with E-state index in [1.807, 2.05) is 15.9 Å². The lowest BCUT2D eigenvalue weighted by Crippen LogP contribution is -2.47. The molecule has 0 bridgehead atoms. The van der Waals surface area contributed by atoms with Crippen LogP contribution in [0.1, 0.15) is 0 Å². The number of nitrogens with two attached hydrogens (primary N) is 1. The molecule has 1 saturated heterocycles. The summed E-state index contributed by atoms with van der Waals surface area (Å²) < 4.78 is 10.7. The van der Waals surface area contributed by atoms with Crippen LogP contribution in [0.4, 0.5) is 23.1 Å². The van der Waals surface area contributed by atoms with Gasteiger partial charge >= 0.3 is 0 Å². The normalized spacial score (nSPS) is 14.1. The number of hydrogen-bond donors (Lipinski definition) is 1. The van der Waals surface area contributed by atoms with Crippen molar-refractivity contribution in [3.8, 4) is 11.5 Å². The maximum atomic E-state index is 11.3. The Hall–Kier alpha value is -3.82. The molecular weight excluding hydrogens is 388 g/mol. The van der Waals surface area contributed by atoms with Crippen molar-refractivity contribution >= 4 is 34.0 Å². The number of nitrogens with zero attached hydrogens (tertiary/aromatic N) is 5. The first-order chi connectivity index (χ1) is 14.5. The summed E-state index contributed by atoms with van der Waals surface area (Å²) in [4.78, 5) is 24.1. The van der Waals surface area contributed by atoms with E-state index in [0.717, 1.165) is 0 Å². The number of benzene rings is 2. The lowest BCUT2D eigenvalue weighted by Gasteiger charge is -2.35. The van der Waals surface area contributed by atoms with E-state index < -0.39 is 0 Å². The predicted octanol–water partition coefficient (Wildman–Crippen LogP) is 2.46. The van der Waals surface area contributed by atoms with Gasteiger partial charge in [0, 0.05) is 43.7 Å². The van der Waals surface area contributed by atoms with Gasteiger partial charge in [0.25, 0.3) is 5.69 Å². The van der Waals surface area contributed by atoms with E-state index in [-0.39, 0.29) is 10.6 Å². The van der Waals surface area contributed by atoms with Gasteiger partial charge < -0.3 is 25.0 Å². The van der Waals surface area contributed by atoms with Gasteiger partial charge in [0.05, 0.1) is 24.7 Å². The summed E-state index contributed by atoms with van der Waals surface area (Å²) in [6.45, 7) is 2.45. The Kier molecular flexibility index (Phi) is 5.13. The van der Waals surface area contributed by atoms with Crippen LogP contribution in [0.15, 0.2) is 36.4 Å². The van der Waals surface area contributed by atoms with Crippen LogP contribution in [0, 0.1) is 10.1 Å². The van der Waals surface area contributed by atoms with E-state index in [1.54, 1.807) is 38.5 Å². The molecular formula is C20H22N6O4. The second kappa shape index (κ2) is 7.90. The quantitative estimate of drug-likeness (QED) is 0.499. The first-order valence-corrected chi connectivity index (χ1v) is 9.44. The molecule has 10 nitrogen and oxygen atoms in total. The third-order valence-electron chi connectivity index (χ3n) is 5.20. The molecule has 1 aliphatic heterocycles. The van der Waals surface area contributed by atoms with Crippen LogP contribution in [0.3, 0.4) is 0 Å². The highest BCUT2D eigenvalue weighted by atomic mass is 16.6. The van der Waals surface area contributed by atoms with E-state index in [0.29, 0.717) is 66.0 Å². The fourth-order valence-electron chi connectivity index (χ4n) is 3.64. The second-order valence-corrected chi connectivity index (χ2v) is 6.85. The second-order valence-electron chi connectivity index (χ2n) is 6.85. The molecule has 0 unspecified atom stereocenters. The van der Waals surface area contributed by atoms with Crippen molar-refractivity contribution in [1.29, 1.82) is 0 Å². The number of aromatic nitrogens is 2. The van der Waals surface area contributed by atoms with E-state index in [2.05, 4.69) is 9.97 Å². The average molecular weight is 410 g/mol. The molecule has 30 heavy (non-hydrogen) atoms. The zero-order valence-electron chi connectivity index (χ0n) is 16.7. The molecule has 3 aromatic rings. The number of nitrogen functional groups attached to an aromatic ring is 1. The molecule has 0 atom stereocenters. The number of hydrogen-bond acceptors (Lipinski definition) is 9. The highest BCUT2D eigenvalue weighted by Crippen LogP contribution is 2.34. The van der Waals surface area contributed by atoms with Gasteiger partial charge in [0.2, 0.25) is 5.95 Å². The molecule has 0 saturated carbocycles. The van der Waals surface area contributed by atoms with Crippen LogP contribution in [0.5, 0.6) is 11.5 Å². The molecule has 1 aromatic heterocycles. The molecule has 0 amide bonds. The molecule has 2 heterocycles. The van der Waals surface area contributed by atoms with Gasteiger partial charge in [-0.3, -0.25) is 10.1 Å². The van der Waals surface area contributed by atoms with Crippen molar-refractivity contribution < 1.29 is 14.4 Å². The van der Waals surface area contributed by atoms with Crippen molar-refractivity contribution in [2.45, 2.75) is 0 Å². The summed E-state index contributed by atoms with van der Waals surface area (Å²) in [5.74, 6) is 2.01. The van der Waals surface area contributed by atoms with Gasteiger partial charge in [-0.25, -0.2) is 4.98 Å². The van der Waals surface area contributed by atoms with Crippen molar-refractivity contribution in [2.24, 2.45) is 0 Å². The van der Waals surface area contributed by atoms with Gasteiger partial charge in [-0.05, 0) is 12.1 Å². The molecule has 1 fully saturated rings. The smallest absolute Gasteiger partial charge is 0.292 e. The SMILES string of the molecule is COc1cc2nc(N3CCN(c4ccccc4[N+](=O)[O-])CC3)nc(N)c2cc1OC. The number of ether oxygens (including phenoxy) is 2. The number of nitro benzene ring substituents is 1. The van der Waals surface area contributed by atoms with Gasteiger partial charge in [-0.1, -0.05) is 12.1 Å². The van der Waals surface area contributed by atoms with Crippen LogP contribution in [0.25, 0.3) is 10.9 Å². The minimum Gasteiger partial charge on any atom is -0.493 e. The molecule has 0 spiro atoms. The molecule has 4 rings (SSSR count). The summed E-state index contributed by atoms with van der Waals surface area (Å²) in [5.41, 5.74) is 7.59. The highest BCUT2D eigenvalue weighted by Gasteiger charge is 2.25. The Bertz CT molecular complexity index is 1100. The third-order valence-corrected chi connectivity index (χ3v) is 5.20. The molecule has 156 valence electrons. The first-order valence-electron chi connectivity index (χ1n) is 9.44. The topological polar surface area (TPSA) is 120 Å². The zero-order valence-corrected chi connectivity index (χ0v) is 16.7. The zero-order chi connectivity index (χ0) is 21.3. The minimum absolute atomic E-state index is 0.109. The molecule has 0 radical (unpaired) electrons. The van der Waals surface area contributed by atoms with Crippen LogP contribution in [0.2, 0.25) is 0 Å². The van der Waals surface area contributed by atoms with Crippen molar-refractivity contribution in [3.05, 3.63) is 46.5 Å². The number of fused-ring (bicyclic) bond motifs is 1. The number of nitro groups is 1. The fourth-order valence-corrected chi connectivity index (χ4v) is 3.64. The minimum atomic E-state index is -0.351. The van der Waals surface area contributed by atoms with Crippen LogP contribution in [-0.2, 0) is 0 Å². The van der Waals surface area contributed by atoms with Crippen LogP contribution < -0.4 is 25.0 Å². The van der Waals surface area contributed by atoms with E-state index >= 15 is 0 Å². The first kappa shape index (κ1) is 19.5. The van der Waals surface area contributed by atoms with Gasteiger partial charge in [0.1, 0.15) is 11.5 Å². The van der Waals surface area contributed by atoms with Gasteiger partial charge in [0.15, 0.2) is 11.5 Å². The number of piperazine rings is 1. The molecule has 0 aliphatic carbocycles. The van der Waals surface area contributed by atoms with E-state index in [1.165, 1.54) is 6.07 Å². The number of methoxy groups -OCH3 is 2. The number of para-hydroxylation sites is 2. The lowest BCUT2D eigenvalue weighted by molar-refractivity contribution is -0.384. The summed E-state index contributed by atoms with van der Waals surface area (Å²) in [7, 11) is 3.13. The van der Waals surface area contributed by atoms with Crippen LogP contribution >= 0.6 is 0 Å². The molecule has 10 heteroatoms. The maximum absolute atomic E-state index is 11.3. The monoisotopic (exact) mass is 410 g/mol. The summed E-state index contributed by atoms with van der Waals surface area (Å²) in [5, 5.41) is 12.0. The number of anilines is 3. The standard InChI is InChI=1S/C20H22N6O4/c1-29-17-11-13-14(12-18(17)30-2)22-20(23-19(13)21)25-9-7-24(8-10-25)15-5-3-4-6-16(15)26(27)28/h3-6,11-12H,7-10H2,1-2H3,(H2,21,22,23). The Morgan fingerprint density at radius 3 is 2.30 bits per heavy atom. The predicted molar refractivity (Wildman–Crippen MR) is 115 cm³/mol. The Morgan fingerprint density at radius 2 is 1.63 bits per heavy atom. The molecule has 1 aliphatic rings. The lowest BCUT2D eigenvalue weighted by atomic mass is 10.2. The average Bonchev–Trinajstić information content (AvgIpc) is 2.78. The van der Waals surface area contributed by atoms with Gasteiger partial charge in [-0.2, -0.15) is 4.98 Å². The Morgan fingerprint density at radius 1 is 1.00 bits per heavy atom. The largest absolute Gasteiger partial charge is 0.493 e. The molecule has 2 aromatic carbocycles. The summed E-state index contributed by atoms with van der Waals surface area (Å²) >= 11 is 0. The Balaban J connectivity index is 1.58. The van der Waals surface area contributed by atoms with Crippen LogP contribution in [-0.4, -0.2) is 55.3 Å². The Labute approximate surface area is 173 Å². The van der Waals surface area contributed by atoms with Gasteiger partial charge in [-0.15, -0.1) is 0 Å². The highest BCUT2D eigenvalue weighted by molar-refractivity contribution is 5.91. The fraction of sp³-hybridized carbons (Fsp3) is 0.300.